The Bertz CT molecular complexity index is 1820. The Morgan fingerprint density at radius 3 is 2.21 bits per heavy atom. The summed E-state index contributed by atoms with van der Waals surface area (Å²) in [6.07, 6.45) is 1.58. The van der Waals surface area contributed by atoms with E-state index in [1.165, 1.54) is 31.4 Å². The summed E-state index contributed by atoms with van der Waals surface area (Å²) in [4.78, 5) is 53.5. The van der Waals surface area contributed by atoms with Crippen LogP contribution in [0.3, 0.4) is 0 Å². The number of ether oxygens (including phenoxy) is 1. The summed E-state index contributed by atoms with van der Waals surface area (Å²) in [5.41, 5.74) is 5.41. The number of nitrogens with zero attached hydrogens (tertiary/aromatic N) is 3. The molecular weight excluding hydrogens is 548 g/mol. The minimum Gasteiger partial charge on any atom is -0.497 e. The molecule has 1 aliphatic heterocycles. The van der Waals surface area contributed by atoms with Crippen LogP contribution in [0.25, 0.3) is 0 Å². The van der Waals surface area contributed by atoms with E-state index in [0.29, 0.717) is 11.3 Å². The number of nitro benzene ring substituents is 1. The van der Waals surface area contributed by atoms with Gasteiger partial charge in [-0.15, -0.1) is 0 Å². The number of hydrogen-bond acceptors (Lipinski definition) is 7. The minimum absolute atomic E-state index is 0.143. The van der Waals surface area contributed by atoms with Crippen LogP contribution in [0.15, 0.2) is 102 Å². The molecule has 1 heterocycles. The van der Waals surface area contributed by atoms with Gasteiger partial charge in [-0.1, -0.05) is 54.6 Å². The van der Waals surface area contributed by atoms with Gasteiger partial charge in [0.1, 0.15) is 5.75 Å². The van der Waals surface area contributed by atoms with E-state index in [1.54, 1.807) is 30.5 Å². The van der Waals surface area contributed by atoms with Gasteiger partial charge in [-0.2, -0.15) is 5.10 Å². The molecule has 3 aliphatic carbocycles. The van der Waals surface area contributed by atoms with Gasteiger partial charge in [0.15, 0.2) is 0 Å². The first kappa shape index (κ1) is 26.3. The first-order chi connectivity index (χ1) is 20.9. The van der Waals surface area contributed by atoms with E-state index in [2.05, 4.69) is 10.5 Å². The highest BCUT2D eigenvalue weighted by Gasteiger charge is 2.68. The van der Waals surface area contributed by atoms with Crippen molar-refractivity contribution >= 4 is 35.3 Å². The van der Waals surface area contributed by atoms with Gasteiger partial charge in [0.05, 0.1) is 35.0 Å². The van der Waals surface area contributed by atoms with E-state index in [4.69, 9.17) is 4.74 Å². The van der Waals surface area contributed by atoms with Crippen molar-refractivity contribution in [2.75, 3.05) is 12.0 Å². The smallest absolute Gasteiger partial charge is 0.271 e. The molecule has 1 N–H and O–H groups in total. The number of nitrogens with one attached hydrogen (secondary N) is 1. The van der Waals surface area contributed by atoms with Crippen molar-refractivity contribution in [1.82, 2.24) is 5.43 Å². The van der Waals surface area contributed by atoms with Gasteiger partial charge in [0.2, 0.25) is 11.8 Å². The molecule has 2 atom stereocenters. The lowest BCUT2D eigenvalue weighted by atomic mass is 9.47. The van der Waals surface area contributed by atoms with Crippen LogP contribution in [0.1, 0.15) is 38.5 Å². The second-order valence-corrected chi connectivity index (χ2v) is 10.7. The minimum atomic E-state index is -1.17. The van der Waals surface area contributed by atoms with E-state index in [9.17, 15) is 24.5 Å². The number of carbonyl (C=O) groups excluding carboxylic acids is 3. The first-order valence-electron chi connectivity index (χ1n) is 13.7. The molecule has 1 saturated heterocycles. The molecule has 0 unspecified atom stereocenters. The predicted molar refractivity (Wildman–Crippen MR) is 157 cm³/mol. The largest absolute Gasteiger partial charge is 0.497 e. The fourth-order valence-corrected chi connectivity index (χ4v) is 7.05. The Hall–Kier alpha value is -5.64. The van der Waals surface area contributed by atoms with Crippen molar-refractivity contribution in [2.24, 2.45) is 16.9 Å². The van der Waals surface area contributed by atoms with Crippen LogP contribution < -0.4 is 15.1 Å². The molecule has 10 nitrogen and oxygen atoms in total. The number of hydrogen-bond donors (Lipinski definition) is 1. The molecule has 2 bridgehead atoms. The zero-order valence-electron chi connectivity index (χ0n) is 22.8. The Labute approximate surface area is 245 Å². The van der Waals surface area contributed by atoms with E-state index in [0.717, 1.165) is 27.2 Å². The Kier molecular flexibility index (Phi) is 5.94. The van der Waals surface area contributed by atoms with Gasteiger partial charge in [-0.05, 0) is 52.6 Å². The van der Waals surface area contributed by atoms with E-state index < -0.39 is 34.0 Å². The molecular formula is C33H24N4O6. The lowest BCUT2D eigenvalue weighted by Crippen LogP contribution is -2.54. The number of methoxy groups -OCH3 is 1. The fourth-order valence-electron chi connectivity index (χ4n) is 7.05. The number of rotatable bonds is 6. The van der Waals surface area contributed by atoms with Crippen molar-refractivity contribution in [1.29, 1.82) is 0 Å². The van der Waals surface area contributed by atoms with Crippen molar-refractivity contribution in [3.8, 4) is 5.75 Å². The fraction of sp³-hybridized carbons (Fsp3) is 0.152. The van der Waals surface area contributed by atoms with Gasteiger partial charge in [0.25, 0.3) is 11.6 Å². The number of anilines is 1. The zero-order valence-corrected chi connectivity index (χ0v) is 22.8. The standard InChI is InChI=1S/C33H24N4O6/c1-43-22-8-6-7-19(17-22)30(38)35-34-18-33-25-11-4-2-9-23(25)27(24-10-3-5-12-26(24)33)28-29(33)32(40)36(31(28)39)20-13-15-21(16-14-20)37(41)42/h2-18,27-29H,1H3,(H,35,38)/b34-18-/t27?,28-,29-,33?/m0/s1. The summed E-state index contributed by atoms with van der Waals surface area (Å²) in [6.45, 7) is 0. The van der Waals surface area contributed by atoms with Crippen LogP contribution >= 0.6 is 0 Å². The van der Waals surface area contributed by atoms with Crippen molar-refractivity contribution < 1.29 is 24.0 Å². The van der Waals surface area contributed by atoms with E-state index in [1.807, 2.05) is 48.5 Å². The van der Waals surface area contributed by atoms with Crippen LogP contribution in [0.2, 0.25) is 0 Å². The van der Waals surface area contributed by atoms with Crippen LogP contribution in [0, 0.1) is 22.0 Å². The monoisotopic (exact) mass is 572 g/mol. The third-order valence-electron chi connectivity index (χ3n) is 8.77. The normalized spacial score (nSPS) is 23.1. The molecule has 0 spiro atoms. The third-order valence-corrected chi connectivity index (χ3v) is 8.77. The topological polar surface area (TPSA) is 131 Å². The summed E-state index contributed by atoms with van der Waals surface area (Å²) in [5, 5.41) is 15.7. The quantitative estimate of drug-likeness (QED) is 0.156. The van der Waals surface area contributed by atoms with Gasteiger partial charge in [0, 0.05) is 29.8 Å². The molecule has 8 rings (SSSR count). The number of imide groups is 1. The number of carbonyl (C=O) groups is 3. The van der Waals surface area contributed by atoms with Crippen LogP contribution in [0.4, 0.5) is 11.4 Å². The zero-order chi connectivity index (χ0) is 29.9. The lowest BCUT2D eigenvalue weighted by Gasteiger charge is -2.52. The highest BCUT2D eigenvalue weighted by atomic mass is 16.6. The van der Waals surface area contributed by atoms with Gasteiger partial charge >= 0.3 is 0 Å². The maximum Gasteiger partial charge on any atom is 0.271 e. The molecule has 0 radical (unpaired) electrons. The molecule has 4 aromatic carbocycles. The summed E-state index contributed by atoms with van der Waals surface area (Å²) in [5.74, 6) is -2.73. The summed E-state index contributed by atoms with van der Waals surface area (Å²) in [7, 11) is 1.51. The van der Waals surface area contributed by atoms with Gasteiger partial charge in [-0.3, -0.25) is 24.5 Å². The molecule has 4 aliphatic rings. The average molecular weight is 573 g/mol. The van der Waals surface area contributed by atoms with Crippen LogP contribution in [-0.2, 0) is 15.0 Å². The maximum absolute atomic E-state index is 14.4. The molecule has 1 fully saturated rings. The third kappa shape index (κ3) is 3.72. The van der Waals surface area contributed by atoms with Gasteiger partial charge in [-0.25, -0.2) is 10.3 Å². The SMILES string of the molecule is COc1cccc(C(=O)N/N=C\C23c4ccccc4C(c4ccccc42)[C@@H]2C(=O)N(c4ccc([N+](=O)[O-])cc4)C(=O)[C@H]23)c1. The lowest BCUT2D eigenvalue weighted by molar-refractivity contribution is -0.384. The number of non-ortho nitro benzene ring substituents is 1. The Balaban J connectivity index is 1.36. The summed E-state index contributed by atoms with van der Waals surface area (Å²) in [6, 6.07) is 27.5. The highest BCUT2D eigenvalue weighted by molar-refractivity contribution is 6.25. The van der Waals surface area contributed by atoms with Gasteiger partial charge < -0.3 is 4.74 Å². The van der Waals surface area contributed by atoms with Crippen molar-refractivity contribution in [3.05, 3.63) is 135 Å². The Morgan fingerprint density at radius 2 is 1.58 bits per heavy atom. The second kappa shape index (κ2) is 9.73. The number of nitro groups is 1. The van der Waals surface area contributed by atoms with Crippen molar-refractivity contribution in [2.45, 2.75) is 11.3 Å². The Morgan fingerprint density at radius 1 is 0.930 bits per heavy atom. The molecule has 10 heteroatoms. The number of amides is 3. The van der Waals surface area contributed by atoms with Crippen LogP contribution in [-0.4, -0.2) is 36.0 Å². The van der Waals surface area contributed by atoms with Crippen LogP contribution in [0.5, 0.6) is 5.75 Å². The summed E-state index contributed by atoms with van der Waals surface area (Å²) >= 11 is 0. The predicted octanol–water partition coefficient (Wildman–Crippen LogP) is 4.57. The molecule has 4 aromatic rings. The average Bonchev–Trinajstić information content (AvgIpc) is 3.31. The molecule has 212 valence electrons. The molecule has 3 amide bonds. The molecule has 43 heavy (non-hydrogen) atoms. The van der Waals surface area contributed by atoms with Crippen molar-refractivity contribution in [3.63, 3.8) is 0 Å². The highest BCUT2D eigenvalue weighted by Crippen LogP contribution is 2.63. The van der Waals surface area contributed by atoms with E-state index in [-0.39, 0.29) is 23.2 Å². The first-order valence-corrected chi connectivity index (χ1v) is 13.7. The second-order valence-electron chi connectivity index (χ2n) is 10.7. The van der Waals surface area contributed by atoms with E-state index >= 15 is 0 Å². The number of hydrazone groups is 1. The molecule has 0 saturated carbocycles. The maximum atomic E-state index is 14.4. The number of benzene rings is 4. The summed E-state index contributed by atoms with van der Waals surface area (Å²) < 4.78 is 5.23. The molecule has 0 aromatic heterocycles.